The van der Waals surface area contributed by atoms with Crippen LogP contribution in [0.5, 0.6) is 11.5 Å². The van der Waals surface area contributed by atoms with Crippen molar-refractivity contribution in [1.29, 1.82) is 0 Å². The van der Waals surface area contributed by atoms with E-state index in [9.17, 15) is 27.9 Å². The summed E-state index contributed by atoms with van der Waals surface area (Å²) in [6.45, 7) is 5.41. The smallest absolute Gasteiger partial charge is 0.416 e. The van der Waals surface area contributed by atoms with E-state index in [-0.39, 0.29) is 35.9 Å². The molecule has 2 aromatic carbocycles. The average molecular weight is 509 g/mol. The van der Waals surface area contributed by atoms with Crippen molar-refractivity contribution >= 4 is 33.2 Å². The molecule has 0 amide bonds. The van der Waals surface area contributed by atoms with Crippen LogP contribution in [-0.2, 0) is 28.5 Å². The lowest BCUT2D eigenvalue weighted by atomic mass is 10.00. The summed E-state index contributed by atoms with van der Waals surface area (Å²) in [5.41, 5.74) is 0.384. The molecule has 0 radical (unpaired) electrons. The maximum Gasteiger partial charge on any atom is 0.416 e. The lowest BCUT2D eigenvalue weighted by molar-refractivity contribution is -0.150. The number of fused-ring (bicyclic) bond motifs is 1. The first kappa shape index (κ1) is 26.5. The Hall–Kier alpha value is -3.07. The molecule has 188 valence electrons. The maximum atomic E-state index is 13.1. The van der Waals surface area contributed by atoms with Crippen LogP contribution in [0.15, 0.2) is 36.4 Å². The second-order valence-corrected chi connectivity index (χ2v) is 9.21. The number of aryl methyl sites for hydroxylation is 2. The van der Waals surface area contributed by atoms with Crippen molar-refractivity contribution in [3.8, 4) is 11.5 Å². The molecule has 1 atom stereocenters. The predicted molar refractivity (Wildman–Crippen MR) is 128 cm³/mol. The Bertz CT molecular complexity index is 1220. The van der Waals surface area contributed by atoms with Gasteiger partial charge in [0, 0.05) is 22.1 Å². The number of carbonyl (C=O) groups is 2. The molecule has 0 aliphatic rings. The van der Waals surface area contributed by atoms with Crippen LogP contribution < -0.4 is 4.74 Å². The molecule has 0 saturated carbocycles. The fourth-order valence-electron chi connectivity index (χ4n) is 3.80. The van der Waals surface area contributed by atoms with E-state index in [4.69, 9.17) is 9.47 Å². The molecule has 0 spiro atoms. The van der Waals surface area contributed by atoms with E-state index >= 15 is 0 Å². The number of phenols is 1. The van der Waals surface area contributed by atoms with Gasteiger partial charge in [0.25, 0.3) is 0 Å². The van der Waals surface area contributed by atoms with E-state index in [2.05, 4.69) is 0 Å². The van der Waals surface area contributed by atoms with Crippen LogP contribution in [0, 0.1) is 0 Å². The SMILES string of the molecule is CCCc1c(CCC(=O)c2ccc(OC(C)C(=O)OCC)cc2O)sc2cc(C(F)(F)F)ccc12. The number of hydrogen-bond acceptors (Lipinski definition) is 6. The van der Waals surface area contributed by atoms with E-state index in [1.54, 1.807) is 6.92 Å². The zero-order valence-electron chi connectivity index (χ0n) is 19.7. The third-order valence-corrected chi connectivity index (χ3v) is 6.74. The number of alkyl halides is 3. The van der Waals surface area contributed by atoms with Crippen molar-refractivity contribution < 1.29 is 37.3 Å². The number of aromatic hydroxyl groups is 1. The second-order valence-electron chi connectivity index (χ2n) is 8.08. The molecule has 5 nitrogen and oxygen atoms in total. The van der Waals surface area contributed by atoms with E-state index in [0.717, 1.165) is 34.4 Å². The summed E-state index contributed by atoms with van der Waals surface area (Å²) in [5.74, 6) is -0.901. The van der Waals surface area contributed by atoms with Gasteiger partial charge < -0.3 is 14.6 Å². The Morgan fingerprint density at radius 3 is 2.46 bits per heavy atom. The molecule has 0 saturated heterocycles. The largest absolute Gasteiger partial charge is 0.507 e. The van der Waals surface area contributed by atoms with Gasteiger partial charge >= 0.3 is 12.1 Å². The minimum Gasteiger partial charge on any atom is -0.507 e. The summed E-state index contributed by atoms with van der Waals surface area (Å²) in [4.78, 5) is 25.4. The first-order valence-corrected chi connectivity index (χ1v) is 12.2. The third kappa shape index (κ3) is 6.33. The lowest BCUT2D eigenvalue weighted by Gasteiger charge is -2.14. The van der Waals surface area contributed by atoms with Crippen LogP contribution in [0.4, 0.5) is 13.2 Å². The quantitative estimate of drug-likeness (QED) is 0.243. The summed E-state index contributed by atoms with van der Waals surface area (Å²) in [7, 11) is 0. The Kier molecular flexibility index (Phi) is 8.43. The van der Waals surface area contributed by atoms with Gasteiger partial charge in [0.2, 0.25) is 0 Å². The highest BCUT2D eigenvalue weighted by atomic mass is 32.1. The highest BCUT2D eigenvalue weighted by Gasteiger charge is 2.31. The van der Waals surface area contributed by atoms with Crippen molar-refractivity contribution in [2.75, 3.05) is 6.61 Å². The van der Waals surface area contributed by atoms with Crippen molar-refractivity contribution in [3.05, 3.63) is 58.0 Å². The van der Waals surface area contributed by atoms with E-state index in [0.29, 0.717) is 17.5 Å². The normalized spacial score (nSPS) is 12.5. The van der Waals surface area contributed by atoms with Gasteiger partial charge in [-0.3, -0.25) is 4.79 Å². The topological polar surface area (TPSA) is 72.8 Å². The number of ether oxygens (including phenoxy) is 2. The molecule has 9 heteroatoms. The summed E-state index contributed by atoms with van der Waals surface area (Å²) >= 11 is 1.27. The molecule has 35 heavy (non-hydrogen) atoms. The number of carbonyl (C=O) groups excluding carboxylic acids is 2. The minimum atomic E-state index is -4.42. The summed E-state index contributed by atoms with van der Waals surface area (Å²) in [6.07, 6.45) is -3.33. The van der Waals surface area contributed by atoms with Crippen LogP contribution in [0.2, 0.25) is 0 Å². The monoisotopic (exact) mass is 508 g/mol. The van der Waals surface area contributed by atoms with Gasteiger partial charge in [0.1, 0.15) is 11.5 Å². The molecular weight excluding hydrogens is 481 g/mol. The predicted octanol–water partition coefficient (Wildman–Crippen LogP) is 6.72. The van der Waals surface area contributed by atoms with Gasteiger partial charge in [-0.1, -0.05) is 19.4 Å². The van der Waals surface area contributed by atoms with Gasteiger partial charge in [-0.25, -0.2) is 4.79 Å². The summed E-state index contributed by atoms with van der Waals surface area (Å²) < 4.78 is 50.3. The number of benzene rings is 2. The van der Waals surface area contributed by atoms with Gasteiger partial charge in [-0.05, 0) is 61.9 Å². The summed E-state index contributed by atoms with van der Waals surface area (Å²) in [5, 5.41) is 11.1. The fraction of sp³-hybridized carbons (Fsp3) is 0.385. The van der Waals surface area contributed by atoms with Crippen molar-refractivity contribution in [3.63, 3.8) is 0 Å². The van der Waals surface area contributed by atoms with Crippen molar-refractivity contribution in [1.82, 2.24) is 0 Å². The number of rotatable bonds is 10. The second kappa shape index (κ2) is 11.1. The number of esters is 1. The molecule has 1 aromatic heterocycles. The molecule has 1 unspecified atom stereocenters. The highest BCUT2D eigenvalue weighted by molar-refractivity contribution is 7.19. The molecule has 1 heterocycles. The highest BCUT2D eigenvalue weighted by Crippen LogP contribution is 2.38. The molecule has 0 aliphatic carbocycles. The van der Waals surface area contributed by atoms with E-state index in [1.807, 2.05) is 6.92 Å². The van der Waals surface area contributed by atoms with Crippen molar-refractivity contribution in [2.45, 2.75) is 58.7 Å². The molecular formula is C26H27F3O5S. The standard InChI is InChI=1S/C26H27F3O5S/c1-4-6-18-19-9-7-16(26(27,28)29)13-24(19)35-23(18)12-11-21(30)20-10-8-17(14-22(20)31)34-15(3)25(32)33-5-2/h7-10,13-15,31H,4-6,11-12H2,1-3H3. The fourth-order valence-corrected chi connectivity index (χ4v) is 5.09. The minimum absolute atomic E-state index is 0.0860. The zero-order valence-corrected chi connectivity index (χ0v) is 20.5. The third-order valence-electron chi connectivity index (χ3n) is 5.48. The molecule has 0 fully saturated rings. The van der Waals surface area contributed by atoms with Gasteiger partial charge in [0.15, 0.2) is 11.9 Å². The number of phenolic OH excluding ortho intramolecular Hbond substituents is 1. The van der Waals surface area contributed by atoms with E-state index in [1.165, 1.54) is 42.5 Å². The van der Waals surface area contributed by atoms with Crippen LogP contribution in [0.25, 0.3) is 10.1 Å². The molecule has 3 aromatic rings. The van der Waals surface area contributed by atoms with Gasteiger partial charge in [0.05, 0.1) is 17.7 Å². The number of ketones is 1. The number of thiophene rings is 1. The zero-order chi connectivity index (χ0) is 25.8. The van der Waals surface area contributed by atoms with Crippen LogP contribution in [0.3, 0.4) is 0 Å². The Labute approximate surface area is 205 Å². The van der Waals surface area contributed by atoms with Gasteiger partial charge in [-0.2, -0.15) is 13.2 Å². The Morgan fingerprint density at radius 2 is 1.83 bits per heavy atom. The summed E-state index contributed by atoms with van der Waals surface area (Å²) in [6, 6.07) is 7.94. The Balaban J connectivity index is 1.75. The Morgan fingerprint density at radius 1 is 1.09 bits per heavy atom. The molecule has 0 aliphatic heterocycles. The van der Waals surface area contributed by atoms with E-state index < -0.39 is 23.8 Å². The average Bonchev–Trinajstić information content (AvgIpc) is 3.14. The van der Waals surface area contributed by atoms with Crippen LogP contribution >= 0.6 is 11.3 Å². The number of halogens is 3. The molecule has 0 bridgehead atoms. The number of Topliss-reactive ketones (excluding diaryl/α,β-unsaturated/α-hetero) is 1. The first-order chi connectivity index (χ1) is 16.5. The molecule has 3 rings (SSSR count). The van der Waals surface area contributed by atoms with Crippen LogP contribution in [0.1, 0.15) is 60.0 Å². The van der Waals surface area contributed by atoms with Gasteiger partial charge in [-0.15, -0.1) is 11.3 Å². The lowest BCUT2D eigenvalue weighted by Crippen LogP contribution is -2.26. The maximum absolute atomic E-state index is 13.1. The van der Waals surface area contributed by atoms with Crippen molar-refractivity contribution in [2.24, 2.45) is 0 Å². The van der Waals surface area contributed by atoms with Crippen LogP contribution in [-0.4, -0.2) is 29.6 Å². The first-order valence-electron chi connectivity index (χ1n) is 11.4. The number of hydrogen-bond donors (Lipinski definition) is 1. The molecule has 1 N–H and O–H groups in total.